The average molecular weight is 226 g/mol. The van der Waals surface area contributed by atoms with Crippen LogP contribution in [0.15, 0.2) is 12.1 Å². The number of rotatable bonds is 3. The van der Waals surface area contributed by atoms with Gasteiger partial charge in [0.2, 0.25) is 0 Å². The van der Waals surface area contributed by atoms with Crippen LogP contribution >= 0.6 is 0 Å². The minimum atomic E-state index is -1.63. The van der Waals surface area contributed by atoms with Gasteiger partial charge in [-0.2, -0.15) is 0 Å². The van der Waals surface area contributed by atoms with Crippen molar-refractivity contribution >= 4 is 11.8 Å². The van der Waals surface area contributed by atoms with Gasteiger partial charge in [-0.05, 0) is 13.0 Å². The molecule has 0 aliphatic rings. The zero-order valence-electron chi connectivity index (χ0n) is 9.04. The number of esters is 1. The highest BCUT2D eigenvalue weighted by Crippen LogP contribution is 2.21. The number of ether oxygens (including phenoxy) is 1. The van der Waals surface area contributed by atoms with Gasteiger partial charge in [-0.3, -0.25) is 0 Å². The zero-order valence-corrected chi connectivity index (χ0v) is 9.04. The molecule has 0 amide bonds. The van der Waals surface area contributed by atoms with E-state index in [9.17, 15) is 15.0 Å². The van der Waals surface area contributed by atoms with Crippen LogP contribution in [0.25, 0.3) is 0 Å². The van der Waals surface area contributed by atoms with Gasteiger partial charge >= 0.3 is 5.97 Å². The quantitative estimate of drug-likeness (QED) is 0.602. The Balaban J connectivity index is 2.96. The van der Waals surface area contributed by atoms with Crippen molar-refractivity contribution in [3.63, 3.8) is 0 Å². The normalized spacial score (nSPS) is 14.2. The molecule has 0 spiro atoms. The number of aryl methyl sites for hydroxylation is 1. The number of aromatic nitrogens is 1. The molecule has 1 rings (SSSR count). The lowest BCUT2D eigenvalue weighted by molar-refractivity contribution is -0.156. The summed E-state index contributed by atoms with van der Waals surface area (Å²) in [6, 6.07) is 2.99. The molecule has 6 heteroatoms. The Labute approximate surface area is 92.7 Å². The van der Waals surface area contributed by atoms with Crippen LogP contribution in [0, 0.1) is 6.92 Å². The third kappa shape index (κ3) is 2.47. The van der Waals surface area contributed by atoms with E-state index in [4.69, 9.17) is 5.73 Å². The maximum Gasteiger partial charge on any atom is 0.337 e. The van der Waals surface area contributed by atoms with Crippen LogP contribution in [0.3, 0.4) is 0 Å². The first-order valence-corrected chi connectivity index (χ1v) is 4.64. The van der Waals surface area contributed by atoms with E-state index in [0.29, 0.717) is 17.1 Å². The van der Waals surface area contributed by atoms with Crippen LogP contribution in [-0.2, 0) is 9.53 Å². The summed E-state index contributed by atoms with van der Waals surface area (Å²) in [5.41, 5.74) is 6.24. The number of nitrogen functional groups attached to an aromatic ring is 1. The van der Waals surface area contributed by atoms with Gasteiger partial charge in [0.25, 0.3) is 0 Å². The lowest BCUT2D eigenvalue weighted by Gasteiger charge is -2.17. The van der Waals surface area contributed by atoms with Gasteiger partial charge in [-0.1, -0.05) is 6.07 Å². The summed E-state index contributed by atoms with van der Waals surface area (Å²) in [5, 5.41) is 19.2. The molecular formula is C10H14N2O4. The summed E-state index contributed by atoms with van der Waals surface area (Å²) in [7, 11) is 1.13. The molecule has 1 aromatic heterocycles. The molecule has 4 N–H and O–H groups in total. The Morgan fingerprint density at radius 2 is 2.12 bits per heavy atom. The molecule has 16 heavy (non-hydrogen) atoms. The summed E-state index contributed by atoms with van der Waals surface area (Å²) in [6.07, 6.45) is -3.00. The van der Waals surface area contributed by atoms with E-state index in [0.717, 1.165) is 7.11 Å². The molecule has 0 aliphatic carbocycles. The Hall–Kier alpha value is -1.66. The first kappa shape index (κ1) is 12.4. The number of methoxy groups -OCH3 is 1. The Kier molecular flexibility index (Phi) is 3.81. The predicted octanol–water partition coefficient (Wildman–Crippen LogP) is -0.460. The number of anilines is 1. The van der Waals surface area contributed by atoms with Crippen LogP contribution in [-0.4, -0.2) is 34.4 Å². The first-order valence-electron chi connectivity index (χ1n) is 4.64. The molecule has 0 aliphatic heterocycles. The molecule has 2 atom stereocenters. The van der Waals surface area contributed by atoms with Crippen molar-refractivity contribution in [2.75, 3.05) is 12.8 Å². The molecule has 0 saturated carbocycles. The summed E-state index contributed by atoms with van der Waals surface area (Å²) < 4.78 is 4.32. The number of nitrogens with zero attached hydrogens (tertiary/aromatic N) is 1. The van der Waals surface area contributed by atoms with E-state index < -0.39 is 18.2 Å². The average Bonchev–Trinajstić information content (AvgIpc) is 2.26. The Morgan fingerprint density at radius 3 is 2.62 bits per heavy atom. The molecule has 0 bridgehead atoms. The number of carbonyl (C=O) groups is 1. The lowest BCUT2D eigenvalue weighted by Crippen LogP contribution is -2.29. The molecule has 88 valence electrons. The molecule has 0 saturated heterocycles. The van der Waals surface area contributed by atoms with E-state index in [-0.39, 0.29) is 0 Å². The maximum absolute atomic E-state index is 11.0. The number of aliphatic hydroxyl groups is 2. The third-order valence-corrected chi connectivity index (χ3v) is 2.21. The molecule has 1 heterocycles. The van der Waals surface area contributed by atoms with Crippen LogP contribution in [0.4, 0.5) is 5.82 Å². The van der Waals surface area contributed by atoms with Crippen molar-refractivity contribution in [1.29, 1.82) is 0 Å². The van der Waals surface area contributed by atoms with Crippen LogP contribution in [0.1, 0.15) is 17.4 Å². The van der Waals surface area contributed by atoms with E-state index in [1.807, 2.05) is 0 Å². The second kappa shape index (κ2) is 4.91. The lowest BCUT2D eigenvalue weighted by atomic mass is 10.0. The highest BCUT2D eigenvalue weighted by molar-refractivity contribution is 5.75. The fourth-order valence-corrected chi connectivity index (χ4v) is 1.32. The summed E-state index contributed by atoms with van der Waals surface area (Å²) in [4.78, 5) is 14.9. The van der Waals surface area contributed by atoms with E-state index in [1.165, 1.54) is 12.1 Å². The van der Waals surface area contributed by atoms with Crippen molar-refractivity contribution in [3.05, 3.63) is 23.4 Å². The summed E-state index contributed by atoms with van der Waals surface area (Å²) in [5.74, 6) is -0.593. The minimum absolute atomic E-state index is 0.306. The fraction of sp³-hybridized carbons (Fsp3) is 0.400. The number of aliphatic hydroxyl groups excluding tert-OH is 2. The summed E-state index contributed by atoms with van der Waals surface area (Å²) >= 11 is 0. The number of hydrogen-bond acceptors (Lipinski definition) is 6. The second-order valence-corrected chi connectivity index (χ2v) is 3.32. The smallest absolute Gasteiger partial charge is 0.337 e. The Bertz CT molecular complexity index is 394. The molecular weight excluding hydrogens is 212 g/mol. The van der Waals surface area contributed by atoms with Crippen molar-refractivity contribution < 1.29 is 19.7 Å². The molecule has 2 unspecified atom stereocenters. The monoisotopic (exact) mass is 226 g/mol. The maximum atomic E-state index is 11.0. The van der Waals surface area contributed by atoms with Gasteiger partial charge in [0, 0.05) is 11.3 Å². The zero-order chi connectivity index (χ0) is 12.3. The highest BCUT2D eigenvalue weighted by atomic mass is 16.5. The number of carbonyl (C=O) groups excluding carboxylic acids is 1. The largest absolute Gasteiger partial charge is 0.467 e. The van der Waals surface area contributed by atoms with E-state index >= 15 is 0 Å². The molecule has 6 nitrogen and oxygen atoms in total. The fourth-order valence-electron chi connectivity index (χ4n) is 1.32. The molecule has 0 radical (unpaired) electrons. The van der Waals surface area contributed by atoms with Crippen molar-refractivity contribution in [1.82, 2.24) is 4.98 Å². The number of nitrogens with two attached hydrogens (primary N) is 1. The topological polar surface area (TPSA) is 106 Å². The number of hydrogen-bond donors (Lipinski definition) is 3. The van der Waals surface area contributed by atoms with Gasteiger partial charge in [0.1, 0.15) is 11.9 Å². The SMILES string of the molecule is COC(=O)C(O)C(O)c1ccc(N)nc1C. The van der Waals surface area contributed by atoms with Crippen molar-refractivity contribution in [2.24, 2.45) is 0 Å². The Morgan fingerprint density at radius 1 is 1.50 bits per heavy atom. The van der Waals surface area contributed by atoms with Gasteiger partial charge in [0.05, 0.1) is 7.11 Å². The van der Waals surface area contributed by atoms with Gasteiger partial charge in [0.15, 0.2) is 6.10 Å². The third-order valence-electron chi connectivity index (χ3n) is 2.21. The second-order valence-electron chi connectivity index (χ2n) is 3.32. The molecule has 0 aromatic carbocycles. The number of pyridine rings is 1. The standard InChI is InChI=1S/C10H14N2O4/c1-5-6(3-4-7(11)12-5)8(13)9(14)10(15)16-2/h3-4,8-9,13-14H,1-2H3,(H2,11,12). The molecule has 1 aromatic rings. The highest BCUT2D eigenvalue weighted by Gasteiger charge is 2.27. The van der Waals surface area contributed by atoms with E-state index in [1.54, 1.807) is 6.92 Å². The van der Waals surface area contributed by atoms with Crippen LogP contribution < -0.4 is 5.73 Å². The van der Waals surface area contributed by atoms with Crippen molar-refractivity contribution in [2.45, 2.75) is 19.1 Å². The van der Waals surface area contributed by atoms with E-state index in [2.05, 4.69) is 9.72 Å². The predicted molar refractivity (Wildman–Crippen MR) is 56.4 cm³/mol. The van der Waals surface area contributed by atoms with Gasteiger partial charge in [-0.25, -0.2) is 9.78 Å². The minimum Gasteiger partial charge on any atom is -0.467 e. The first-order chi connectivity index (χ1) is 7.47. The van der Waals surface area contributed by atoms with Crippen molar-refractivity contribution in [3.8, 4) is 0 Å². The summed E-state index contributed by atoms with van der Waals surface area (Å²) in [6.45, 7) is 1.62. The van der Waals surface area contributed by atoms with Crippen LogP contribution in [0.5, 0.6) is 0 Å². The van der Waals surface area contributed by atoms with Crippen LogP contribution in [0.2, 0.25) is 0 Å². The van der Waals surface area contributed by atoms with Gasteiger partial charge in [-0.15, -0.1) is 0 Å². The van der Waals surface area contributed by atoms with Gasteiger partial charge < -0.3 is 20.7 Å². The molecule has 0 fully saturated rings.